The van der Waals surface area contributed by atoms with Crippen LogP contribution in [0.5, 0.6) is 0 Å². The van der Waals surface area contributed by atoms with Gasteiger partial charge in [-0.2, -0.15) is 0 Å². The third-order valence-corrected chi connectivity index (χ3v) is 4.47. The molecule has 4 heteroatoms. The summed E-state index contributed by atoms with van der Waals surface area (Å²) < 4.78 is 11.4. The van der Waals surface area contributed by atoms with Crippen LogP contribution in [0.3, 0.4) is 0 Å². The monoisotopic (exact) mass is 326 g/mol. The molecular weight excluding hydrogens is 292 g/mol. The number of carboxylic acids is 1. The van der Waals surface area contributed by atoms with Gasteiger partial charge in [0.25, 0.3) is 0 Å². The molecule has 0 aromatic rings. The number of ether oxygens (including phenoxy) is 2. The van der Waals surface area contributed by atoms with Gasteiger partial charge < -0.3 is 14.6 Å². The molecule has 0 aromatic carbocycles. The van der Waals surface area contributed by atoms with E-state index in [0.717, 1.165) is 52.1 Å². The smallest absolute Gasteiger partial charge is 0.303 e. The fraction of sp³-hybridized carbons (Fsp3) is 0.842. The third kappa shape index (κ3) is 10.5. The molecule has 0 aliphatic carbocycles. The molecular formula is C19H34O4. The zero-order chi connectivity index (χ0) is 16.8. The van der Waals surface area contributed by atoms with Gasteiger partial charge >= 0.3 is 5.97 Å². The summed E-state index contributed by atoms with van der Waals surface area (Å²) in [5.74, 6) is 0.487. The van der Waals surface area contributed by atoms with E-state index in [1.54, 1.807) is 0 Å². The number of hydrogen-bond acceptors (Lipinski definition) is 3. The number of carbonyl (C=O) groups is 1. The van der Waals surface area contributed by atoms with Crippen LogP contribution in [0.4, 0.5) is 0 Å². The molecule has 1 aliphatic heterocycles. The fourth-order valence-corrected chi connectivity index (χ4v) is 2.95. The van der Waals surface area contributed by atoms with Crippen LogP contribution in [0, 0.1) is 11.8 Å². The SMILES string of the molecule is CCCCCCOCC[C@@H]1COC[C@@H]1CC=CCCCC(=O)O. The van der Waals surface area contributed by atoms with Gasteiger partial charge in [0.05, 0.1) is 6.61 Å². The lowest BCUT2D eigenvalue weighted by molar-refractivity contribution is -0.137. The van der Waals surface area contributed by atoms with E-state index in [0.29, 0.717) is 11.8 Å². The molecule has 1 N–H and O–H groups in total. The maximum absolute atomic E-state index is 10.4. The first-order valence-corrected chi connectivity index (χ1v) is 9.26. The second-order valence-corrected chi connectivity index (χ2v) is 6.51. The molecule has 1 fully saturated rings. The summed E-state index contributed by atoms with van der Waals surface area (Å²) >= 11 is 0. The van der Waals surface area contributed by atoms with Crippen LogP contribution in [0.25, 0.3) is 0 Å². The van der Waals surface area contributed by atoms with Gasteiger partial charge in [-0.25, -0.2) is 0 Å². The second-order valence-electron chi connectivity index (χ2n) is 6.51. The average Bonchev–Trinajstić information content (AvgIpc) is 2.97. The van der Waals surface area contributed by atoms with Gasteiger partial charge in [0.15, 0.2) is 0 Å². The Balaban J connectivity index is 2.04. The molecule has 2 atom stereocenters. The van der Waals surface area contributed by atoms with Crippen molar-refractivity contribution < 1.29 is 19.4 Å². The van der Waals surface area contributed by atoms with Crippen molar-refractivity contribution in [3.63, 3.8) is 0 Å². The Hall–Kier alpha value is -0.870. The van der Waals surface area contributed by atoms with Crippen molar-refractivity contribution in [3.05, 3.63) is 12.2 Å². The maximum Gasteiger partial charge on any atom is 0.303 e. The van der Waals surface area contributed by atoms with Crippen LogP contribution >= 0.6 is 0 Å². The minimum absolute atomic E-state index is 0.259. The number of hydrogen-bond donors (Lipinski definition) is 1. The minimum atomic E-state index is -0.711. The van der Waals surface area contributed by atoms with E-state index in [1.165, 1.54) is 25.7 Å². The molecule has 1 rings (SSSR count). The van der Waals surface area contributed by atoms with E-state index in [1.807, 2.05) is 0 Å². The standard InChI is InChI=1S/C19H34O4/c1-2-3-4-9-13-22-14-12-18-16-23-15-17(18)10-7-5-6-8-11-19(20)21/h5,7,17-18H,2-4,6,8-16H2,1H3,(H,20,21)/t17-,18+/m0/s1. The highest BCUT2D eigenvalue weighted by atomic mass is 16.5. The molecule has 23 heavy (non-hydrogen) atoms. The van der Waals surface area contributed by atoms with E-state index in [9.17, 15) is 4.79 Å². The summed E-state index contributed by atoms with van der Waals surface area (Å²) in [6.07, 6.45) is 13.3. The van der Waals surface area contributed by atoms with Crippen LogP contribution in [0.1, 0.15) is 64.7 Å². The highest BCUT2D eigenvalue weighted by molar-refractivity contribution is 5.66. The van der Waals surface area contributed by atoms with Crippen LogP contribution in [-0.4, -0.2) is 37.5 Å². The van der Waals surface area contributed by atoms with E-state index in [4.69, 9.17) is 14.6 Å². The number of carboxylic acid groups (broad SMARTS) is 1. The fourth-order valence-electron chi connectivity index (χ4n) is 2.95. The first-order valence-electron chi connectivity index (χ1n) is 9.26. The summed E-state index contributed by atoms with van der Waals surface area (Å²) in [4.78, 5) is 10.4. The van der Waals surface area contributed by atoms with Gasteiger partial charge in [0, 0.05) is 26.2 Å². The lowest BCUT2D eigenvalue weighted by Gasteiger charge is -2.15. The number of rotatable bonds is 14. The lowest BCUT2D eigenvalue weighted by atomic mass is 9.90. The van der Waals surface area contributed by atoms with E-state index in [2.05, 4.69) is 19.1 Å². The summed E-state index contributed by atoms with van der Waals surface area (Å²) in [6.45, 7) is 5.67. The molecule has 0 unspecified atom stereocenters. The molecule has 1 heterocycles. The Bertz CT molecular complexity index is 327. The van der Waals surface area contributed by atoms with E-state index >= 15 is 0 Å². The van der Waals surface area contributed by atoms with Crippen molar-refractivity contribution in [3.8, 4) is 0 Å². The molecule has 0 spiro atoms. The number of unbranched alkanes of at least 4 members (excludes halogenated alkanes) is 4. The molecule has 134 valence electrons. The van der Waals surface area contributed by atoms with Gasteiger partial charge in [-0.1, -0.05) is 38.3 Å². The molecule has 1 saturated heterocycles. The van der Waals surface area contributed by atoms with Crippen molar-refractivity contribution in [1.29, 1.82) is 0 Å². The first kappa shape index (κ1) is 20.2. The van der Waals surface area contributed by atoms with Crippen molar-refractivity contribution >= 4 is 5.97 Å². The highest BCUT2D eigenvalue weighted by Crippen LogP contribution is 2.27. The third-order valence-electron chi connectivity index (χ3n) is 4.47. The predicted molar refractivity (Wildman–Crippen MR) is 92.6 cm³/mol. The number of allylic oxidation sites excluding steroid dienone is 2. The second kappa shape index (κ2) is 13.6. The van der Waals surface area contributed by atoms with Crippen molar-refractivity contribution in [2.45, 2.75) is 64.7 Å². The van der Waals surface area contributed by atoms with Gasteiger partial charge in [-0.05, 0) is 43.9 Å². The zero-order valence-corrected chi connectivity index (χ0v) is 14.7. The van der Waals surface area contributed by atoms with Crippen LogP contribution < -0.4 is 0 Å². The molecule has 0 radical (unpaired) electrons. The molecule has 0 amide bonds. The van der Waals surface area contributed by atoms with Crippen molar-refractivity contribution in [2.75, 3.05) is 26.4 Å². The quantitative estimate of drug-likeness (QED) is 0.379. The highest BCUT2D eigenvalue weighted by Gasteiger charge is 2.26. The zero-order valence-electron chi connectivity index (χ0n) is 14.7. The Morgan fingerprint density at radius 1 is 1.13 bits per heavy atom. The molecule has 0 saturated carbocycles. The van der Waals surface area contributed by atoms with Gasteiger partial charge in [-0.3, -0.25) is 4.79 Å². The Morgan fingerprint density at radius 2 is 1.96 bits per heavy atom. The number of aliphatic carboxylic acids is 1. The van der Waals surface area contributed by atoms with Gasteiger partial charge in [-0.15, -0.1) is 0 Å². The topological polar surface area (TPSA) is 55.8 Å². The first-order chi connectivity index (χ1) is 11.2. The van der Waals surface area contributed by atoms with Crippen molar-refractivity contribution in [2.24, 2.45) is 11.8 Å². The summed E-state index contributed by atoms with van der Waals surface area (Å²) in [6, 6.07) is 0. The van der Waals surface area contributed by atoms with Gasteiger partial charge in [0.2, 0.25) is 0 Å². The van der Waals surface area contributed by atoms with Crippen LogP contribution in [0.15, 0.2) is 12.2 Å². The Morgan fingerprint density at radius 3 is 2.74 bits per heavy atom. The van der Waals surface area contributed by atoms with Crippen molar-refractivity contribution in [1.82, 2.24) is 0 Å². The molecule has 1 aliphatic rings. The minimum Gasteiger partial charge on any atom is -0.481 e. The summed E-state index contributed by atoms with van der Waals surface area (Å²) in [7, 11) is 0. The Labute approximate surface area is 141 Å². The van der Waals surface area contributed by atoms with Crippen LogP contribution in [-0.2, 0) is 14.3 Å². The maximum atomic E-state index is 10.4. The molecule has 4 nitrogen and oxygen atoms in total. The summed E-state index contributed by atoms with van der Waals surface area (Å²) in [5, 5.41) is 8.59. The molecule has 0 aromatic heterocycles. The summed E-state index contributed by atoms with van der Waals surface area (Å²) in [5.41, 5.74) is 0. The largest absolute Gasteiger partial charge is 0.481 e. The van der Waals surface area contributed by atoms with E-state index < -0.39 is 5.97 Å². The Kier molecular flexibility index (Phi) is 11.9. The normalized spacial score (nSPS) is 21.3. The molecule has 0 bridgehead atoms. The van der Waals surface area contributed by atoms with Gasteiger partial charge in [0.1, 0.15) is 0 Å². The lowest BCUT2D eigenvalue weighted by Crippen LogP contribution is -2.14. The predicted octanol–water partition coefficient (Wildman–Crippen LogP) is 4.44. The van der Waals surface area contributed by atoms with E-state index in [-0.39, 0.29) is 6.42 Å². The van der Waals surface area contributed by atoms with Crippen LogP contribution in [0.2, 0.25) is 0 Å². The average molecular weight is 326 g/mol.